The van der Waals surface area contributed by atoms with Crippen molar-refractivity contribution in [1.82, 2.24) is 15.1 Å². The Kier molecular flexibility index (Phi) is 4.66. The van der Waals surface area contributed by atoms with Gasteiger partial charge < -0.3 is 5.32 Å². The van der Waals surface area contributed by atoms with Gasteiger partial charge in [0.25, 0.3) is 0 Å². The van der Waals surface area contributed by atoms with Crippen LogP contribution in [-0.2, 0) is 7.05 Å². The highest BCUT2D eigenvalue weighted by Crippen LogP contribution is 2.38. The van der Waals surface area contributed by atoms with Crippen molar-refractivity contribution in [2.24, 2.45) is 13.0 Å². The minimum Gasteiger partial charge on any atom is -0.307 e. The van der Waals surface area contributed by atoms with Crippen molar-refractivity contribution in [3.63, 3.8) is 0 Å². The van der Waals surface area contributed by atoms with Crippen LogP contribution in [0, 0.1) is 19.8 Å². The number of hydrogen-bond donors (Lipinski definition) is 1. The van der Waals surface area contributed by atoms with Gasteiger partial charge >= 0.3 is 6.18 Å². The number of halogens is 3. The van der Waals surface area contributed by atoms with Crippen LogP contribution in [0.1, 0.15) is 55.6 Å². The second-order valence-electron chi connectivity index (χ2n) is 6.19. The van der Waals surface area contributed by atoms with E-state index in [9.17, 15) is 13.2 Å². The lowest BCUT2D eigenvalue weighted by atomic mass is 9.85. The summed E-state index contributed by atoms with van der Waals surface area (Å²) in [5.41, 5.74) is 3.26. The predicted molar refractivity (Wildman–Crippen MR) is 76.0 cm³/mol. The Hall–Kier alpha value is -1.04. The number of nitrogens with one attached hydrogen (secondary N) is 1. The van der Waals surface area contributed by atoms with E-state index >= 15 is 0 Å². The summed E-state index contributed by atoms with van der Waals surface area (Å²) in [6, 6.07) is 0.281. The van der Waals surface area contributed by atoms with E-state index in [0.717, 1.165) is 17.0 Å². The normalized spacial score (nSPS) is 25.1. The van der Waals surface area contributed by atoms with Gasteiger partial charge in [0.15, 0.2) is 0 Å². The Bertz CT molecular complexity index is 485. The van der Waals surface area contributed by atoms with Crippen molar-refractivity contribution in [3.05, 3.63) is 17.0 Å². The molecular weight excluding hydrogens is 279 g/mol. The minimum atomic E-state index is -4.03. The van der Waals surface area contributed by atoms with Gasteiger partial charge in [-0.1, -0.05) is 0 Å². The Morgan fingerprint density at radius 1 is 1.19 bits per heavy atom. The van der Waals surface area contributed by atoms with Crippen molar-refractivity contribution >= 4 is 0 Å². The summed E-state index contributed by atoms with van der Waals surface area (Å²) >= 11 is 0. The van der Waals surface area contributed by atoms with Crippen LogP contribution in [0.3, 0.4) is 0 Å². The maximum absolute atomic E-state index is 12.7. The Balaban J connectivity index is 1.94. The zero-order chi connectivity index (χ0) is 15.8. The standard InChI is InChI=1S/C15H24F3N3/c1-9(14-10(2)20-21(4)11(14)3)19-13-7-5-12(6-8-13)15(16,17)18/h9,12-13,19H,5-8H2,1-4H3. The van der Waals surface area contributed by atoms with Crippen LogP contribution in [0.25, 0.3) is 0 Å². The third-order valence-electron chi connectivity index (χ3n) is 4.67. The number of alkyl halides is 3. The van der Waals surface area contributed by atoms with E-state index in [2.05, 4.69) is 17.3 Å². The topological polar surface area (TPSA) is 29.9 Å². The second-order valence-corrected chi connectivity index (χ2v) is 6.19. The molecule has 120 valence electrons. The van der Waals surface area contributed by atoms with Gasteiger partial charge in [-0.15, -0.1) is 0 Å². The maximum Gasteiger partial charge on any atom is 0.391 e. The second kappa shape index (κ2) is 5.99. The largest absolute Gasteiger partial charge is 0.391 e. The number of aryl methyl sites for hydroxylation is 2. The number of rotatable bonds is 3. The SMILES string of the molecule is Cc1nn(C)c(C)c1C(C)NC1CCC(C(F)(F)F)CC1. The molecule has 1 unspecified atom stereocenters. The molecule has 1 heterocycles. The van der Waals surface area contributed by atoms with Gasteiger partial charge in [0.2, 0.25) is 0 Å². The quantitative estimate of drug-likeness (QED) is 0.920. The highest BCUT2D eigenvalue weighted by molar-refractivity contribution is 5.27. The Morgan fingerprint density at radius 2 is 1.76 bits per heavy atom. The molecule has 1 saturated carbocycles. The van der Waals surface area contributed by atoms with Crippen molar-refractivity contribution in [2.75, 3.05) is 0 Å². The summed E-state index contributed by atoms with van der Waals surface area (Å²) in [7, 11) is 1.91. The van der Waals surface area contributed by atoms with E-state index < -0.39 is 12.1 Å². The molecule has 21 heavy (non-hydrogen) atoms. The molecule has 1 fully saturated rings. The van der Waals surface area contributed by atoms with Gasteiger partial charge in [-0.05, 0) is 46.5 Å². The van der Waals surface area contributed by atoms with Gasteiger partial charge in [-0.2, -0.15) is 18.3 Å². The molecule has 0 radical (unpaired) electrons. The molecule has 0 amide bonds. The molecular formula is C15H24F3N3. The molecule has 0 bridgehead atoms. The minimum absolute atomic E-state index is 0.117. The summed E-state index contributed by atoms with van der Waals surface area (Å²) in [5, 5.41) is 7.88. The van der Waals surface area contributed by atoms with Crippen LogP contribution in [-0.4, -0.2) is 22.0 Å². The molecule has 1 aromatic heterocycles. The lowest BCUT2D eigenvalue weighted by Gasteiger charge is -2.32. The summed E-state index contributed by atoms with van der Waals surface area (Å²) < 4.78 is 39.9. The summed E-state index contributed by atoms with van der Waals surface area (Å²) in [6.45, 7) is 6.06. The molecule has 1 N–H and O–H groups in total. The van der Waals surface area contributed by atoms with Crippen molar-refractivity contribution in [2.45, 2.75) is 64.7 Å². The maximum atomic E-state index is 12.7. The van der Waals surface area contributed by atoms with Gasteiger partial charge in [0, 0.05) is 30.4 Å². The Labute approximate surface area is 123 Å². The lowest BCUT2D eigenvalue weighted by Crippen LogP contribution is -2.38. The first kappa shape index (κ1) is 16.3. The van der Waals surface area contributed by atoms with Crippen LogP contribution in [0.2, 0.25) is 0 Å². The van der Waals surface area contributed by atoms with Crippen molar-refractivity contribution in [1.29, 1.82) is 0 Å². The smallest absolute Gasteiger partial charge is 0.307 e. The average molecular weight is 303 g/mol. The van der Waals surface area contributed by atoms with Crippen molar-refractivity contribution < 1.29 is 13.2 Å². The zero-order valence-corrected chi connectivity index (χ0v) is 13.1. The zero-order valence-electron chi connectivity index (χ0n) is 13.1. The van der Waals surface area contributed by atoms with E-state index in [1.165, 1.54) is 0 Å². The van der Waals surface area contributed by atoms with Crippen LogP contribution < -0.4 is 5.32 Å². The molecule has 1 aliphatic carbocycles. The van der Waals surface area contributed by atoms with E-state index in [1.54, 1.807) is 0 Å². The third-order valence-corrected chi connectivity index (χ3v) is 4.67. The average Bonchev–Trinajstić information content (AvgIpc) is 2.62. The molecule has 0 aromatic carbocycles. The third kappa shape index (κ3) is 3.59. The molecule has 1 aliphatic rings. The van der Waals surface area contributed by atoms with Crippen LogP contribution in [0.15, 0.2) is 0 Å². The molecule has 0 spiro atoms. The van der Waals surface area contributed by atoms with E-state index in [4.69, 9.17) is 0 Å². The first-order valence-corrected chi connectivity index (χ1v) is 7.53. The fourth-order valence-electron chi connectivity index (χ4n) is 3.44. The Morgan fingerprint density at radius 3 is 2.19 bits per heavy atom. The van der Waals surface area contributed by atoms with Crippen LogP contribution >= 0.6 is 0 Å². The molecule has 1 aromatic rings. The summed E-state index contributed by atoms with van der Waals surface area (Å²) in [6.07, 6.45) is -2.38. The van der Waals surface area contributed by atoms with E-state index in [0.29, 0.717) is 12.8 Å². The first-order valence-electron chi connectivity index (χ1n) is 7.53. The monoisotopic (exact) mass is 303 g/mol. The number of hydrogen-bond acceptors (Lipinski definition) is 2. The van der Waals surface area contributed by atoms with Gasteiger partial charge in [-0.25, -0.2) is 0 Å². The highest BCUT2D eigenvalue weighted by atomic mass is 19.4. The van der Waals surface area contributed by atoms with Crippen LogP contribution in [0.4, 0.5) is 13.2 Å². The van der Waals surface area contributed by atoms with Gasteiger partial charge in [-0.3, -0.25) is 4.68 Å². The molecule has 0 saturated heterocycles. The van der Waals surface area contributed by atoms with E-state index in [-0.39, 0.29) is 24.9 Å². The number of nitrogens with zero attached hydrogens (tertiary/aromatic N) is 2. The number of aromatic nitrogens is 2. The fraction of sp³-hybridized carbons (Fsp3) is 0.800. The first-order chi connectivity index (χ1) is 9.70. The van der Waals surface area contributed by atoms with Gasteiger partial charge in [0.05, 0.1) is 11.6 Å². The fourth-order valence-corrected chi connectivity index (χ4v) is 3.44. The van der Waals surface area contributed by atoms with E-state index in [1.807, 2.05) is 25.6 Å². The molecule has 6 heteroatoms. The molecule has 3 nitrogen and oxygen atoms in total. The summed E-state index contributed by atoms with van der Waals surface area (Å²) in [5.74, 6) is -1.12. The summed E-state index contributed by atoms with van der Waals surface area (Å²) in [4.78, 5) is 0. The molecule has 0 aliphatic heterocycles. The molecule has 1 atom stereocenters. The van der Waals surface area contributed by atoms with Gasteiger partial charge in [0.1, 0.15) is 0 Å². The molecule has 2 rings (SSSR count). The highest BCUT2D eigenvalue weighted by Gasteiger charge is 2.41. The van der Waals surface area contributed by atoms with Crippen molar-refractivity contribution in [3.8, 4) is 0 Å². The predicted octanol–water partition coefficient (Wildman–Crippen LogP) is 3.81. The van der Waals surface area contributed by atoms with Crippen LogP contribution in [0.5, 0.6) is 0 Å². The lowest BCUT2D eigenvalue weighted by molar-refractivity contribution is -0.182.